The second-order valence-electron chi connectivity index (χ2n) is 5.60. The second-order valence-corrected chi connectivity index (χ2v) is 5.60. The van der Waals surface area contributed by atoms with Crippen molar-refractivity contribution in [3.05, 3.63) is 24.1 Å². The Kier molecular flexibility index (Phi) is 6.11. The zero-order valence-corrected chi connectivity index (χ0v) is 13.1. The molecule has 0 aliphatic rings. The summed E-state index contributed by atoms with van der Waals surface area (Å²) in [5.74, 6) is -0.395. The van der Waals surface area contributed by atoms with Gasteiger partial charge in [0.05, 0.1) is 0 Å². The van der Waals surface area contributed by atoms with Crippen LogP contribution in [0.3, 0.4) is 0 Å². The number of hydrogen-bond donors (Lipinski definition) is 0. The molecule has 0 amide bonds. The standard InChI is InChI=1S/C14H24BFNO3/c1-10(2)18-15(19-11(3)4,20-12(5)6)14-9-13(16)7-8-17-14/h7-12H,1-6H3/q-1. The largest absolute Gasteiger partial charge is 0.538 e. The molecule has 1 rings (SSSR count). The number of hydrogen-bond acceptors (Lipinski definition) is 4. The summed E-state index contributed by atoms with van der Waals surface area (Å²) in [6, 6.07) is 2.58. The van der Waals surface area contributed by atoms with Gasteiger partial charge in [0.15, 0.2) is 0 Å². The third kappa shape index (κ3) is 4.85. The van der Waals surface area contributed by atoms with Crippen LogP contribution in [0.5, 0.6) is 0 Å². The predicted octanol–water partition coefficient (Wildman–Crippen LogP) is 2.64. The predicted molar refractivity (Wildman–Crippen MR) is 78.2 cm³/mol. The van der Waals surface area contributed by atoms with Crippen molar-refractivity contribution in [1.82, 2.24) is 4.98 Å². The van der Waals surface area contributed by atoms with Crippen LogP contribution >= 0.6 is 0 Å². The molecular weight excluding hydrogens is 260 g/mol. The highest BCUT2D eigenvalue weighted by molar-refractivity contribution is 6.74. The van der Waals surface area contributed by atoms with E-state index in [1.165, 1.54) is 18.3 Å². The van der Waals surface area contributed by atoms with Crippen LogP contribution in [-0.4, -0.2) is 30.1 Å². The van der Waals surface area contributed by atoms with Crippen LogP contribution < -0.4 is 5.59 Å². The lowest BCUT2D eigenvalue weighted by Gasteiger charge is -2.45. The third-order valence-corrected chi connectivity index (χ3v) is 2.46. The normalized spacial score (nSPS) is 12.7. The van der Waals surface area contributed by atoms with Crippen LogP contribution in [0, 0.1) is 5.82 Å². The van der Waals surface area contributed by atoms with Gasteiger partial charge in [-0.15, -0.1) is 0 Å². The highest BCUT2D eigenvalue weighted by atomic mass is 19.1. The lowest BCUT2D eigenvalue weighted by atomic mass is 9.71. The zero-order chi connectivity index (χ0) is 15.3. The van der Waals surface area contributed by atoms with Crippen LogP contribution in [0.2, 0.25) is 0 Å². The van der Waals surface area contributed by atoms with E-state index < -0.39 is 12.6 Å². The molecule has 1 aromatic rings. The van der Waals surface area contributed by atoms with Gasteiger partial charge in [0.1, 0.15) is 5.82 Å². The summed E-state index contributed by atoms with van der Waals surface area (Å²) in [5, 5.41) is 0. The molecule has 0 atom stereocenters. The van der Waals surface area contributed by atoms with E-state index in [1.807, 2.05) is 41.5 Å². The fourth-order valence-electron chi connectivity index (χ4n) is 1.99. The molecule has 0 aromatic carbocycles. The molecule has 114 valence electrons. The van der Waals surface area contributed by atoms with Crippen molar-refractivity contribution in [3.8, 4) is 0 Å². The Balaban J connectivity index is 3.26. The molecule has 0 saturated heterocycles. The zero-order valence-electron chi connectivity index (χ0n) is 13.1. The first-order chi connectivity index (χ1) is 9.25. The molecule has 0 aliphatic carbocycles. The van der Waals surface area contributed by atoms with E-state index in [4.69, 9.17) is 14.0 Å². The smallest absolute Gasteiger partial charge is 0.428 e. The Hall–Kier alpha value is -0.975. The SMILES string of the molecule is CC(C)O[B-](OC(C)C)(OC(C)C)c1cc(F)ccn1. The van der Waals surface area contributed by atoms with Crippen molar-refractivity contribution >= 4 is 12.3 Å². The monoisotopic (exact) mass is 284 g/mol. The maximum Gasteiger partial charge on any atom is 0.428 e. The molecule has 20 heavy (non-hydrogen) atoms. The minimum absolute atomic E-state index is 0.141. The average molecular weight is 284 g/mol. The maximum atomic E-state index is 13.5. The summed E-state index contributed by atoms with van der Waals surface area (Å²) in [6.07, 6.45) is 0.964. The van der Waals surface area contributed by atoms with Gasteiger partial charge in [-0.05, 0) is 59.3 Å². The Labute approximate surface area is 120 Å². The van der Waals surface area contributed by atoms with Gasteiger partial charge in [-0.2, -0.15) is 0 Å². The van der Waals surface area contributed by atoms with Crippen molar-refractivity contribution in [2.24, 2.45) is 0 Å². The molecule has 0 unspecified atom stereocenters. The maximum absolute atomic E-state index is 13.5. The first-order valence-electron chi connectivity index (χ1n) is 7.04. The van der Waals surface area contributed by atoms with E-state index in [2.05, 4.69) is 4.98 Å². The van der Waals surface area contributed by atoms with Crippen molar-refractivity contribution < 1.29 is 18.4 Å². The highest BCUT2D eigenvalue weighted by Gasteiger charge is 2.36. The molecule has 0 radical (unpaired) electrons. The van der Waals surface area contributed by atoms with Gasteiger partial charge in [0.25, 0.3) is 0 Å². The first kappa shape index (κ1) is 17.1. The van der Waals surface area contributed by atoms with Gasteiger partial charge in [-0.3, -0.25) is 4.98 Å². The Morgan fingerprint density at radius 2 is 1.40 bits per heavy atom. The molecule has 0 N–H and O–H groups in total. The fraction of sp³-hybridized carbons (Fsp3) is 0.643. The van der Waals surface area contributed by atoms with Crippen molar-refractivity contribution in [2.75, 3.05) is 0 Å². The summed E-state index contributed by atoms with van der Waals surface area (Å²) in [6.45, 7) is 8.98. The van der Waals surface area contributed by atoms with E-state index in [0.717, 1.165) is 0 Å². The van der Waals surface area contributed by atoms with Crippen molar-refractivity contribution in [3.63, 3.8) is 0 Å². The van der Waals surface area contributed by atoms with E-state index in [-0.39, 0.29) is 18.3 Å². The van der Waals surface area contributed by atoms with E-state index >= 15 is 0 Å². The molecule has 0 spiro atoms. The minimum atomic E-state index is -2.29. The molecule has 0 aliphatic heterocycles. The summed E-state index contributed by atoms with van der Waals surface area (Å²) in [7, 11) is 0. The topological polar surface area (TPSA) is 40.6 Å². The summed E-state index contributed by atoms with van der Waals surface area (Å²) in [5.41, 5.74) is 0.334. The summed E-state index contributed by atoms with van der Waals surface area (Å²) < 4.78 is 31.2. The number of nitrogens with zero attached hydrogens (tertiary/aromatic N) is 1. The van der Waals surface area contributed by atoms with E-state index in [1.54, 1.807) is 0 Å². The summed E-state index contributed by atoms with van der Waals surface area (Å²) >= 11 is 0. The lowest BCUT2D eigenvalue weighted by molar-refractivity contribution is 0.0146. The third-order valence-electron chi connectivity index (χ3n) is 2.46. The van der Waals surface area contributed by atoms with E-state index in [9.17, 15) is 4.39 Å². The number of pyridine rings is 1. The molecule has 0 fully saturated rings. The first-order valence-corrected chi connectivity index (χ1v) is 7.04. The lowest BCUT2D eigenvalue weighted by Crippen LogP contribution is -2.61. The second kappa shape index (κ2) is 7.15. The Morgan fingerprint density at radius 3 is 1.75 bits per heavy atom. The van der Waals surface area contributed by atoms with Crippen LogP contribution in [0.25, 0.3) is 0 Å². The minimum Gasteiger partial charge on any atom is -0.538 e. The average Bonchev–Trinajstić information content (AvgIpc) is 2.25. The number of aromatic nitrogens is 1. The van der Waals surface area contributed by atoms with Crippen LogP contribution in [0.4, 0.5) is 4.39 Å². The highest BCUT2D eigenvalue weighted by Crippen LogP contribution is 2.17. The quantitative estimate of drug-likeness (QED) is 0.722. The molecule has 4 nitrogen and oxygen atoms in total. The molecule has 1 heterocycles. The number of halogens is 1. The molecule has 0 bridgehead atoms. The van der Waals surface area contributed by atoms with E-state index in [0.29, 0.717) is 5.59 Å². The van der Waals surface area contributed by atoms with Crippen molar-refractivity contribution in [2.45, 2.75) is 59.9 Å². The van der Waals surface area contributed by atoms with Gasteiger partial charge in [0, 0.05) is 24.5 Å². The van der Waals surface area contributed by atoms with Crippen LogP contribution in [0.1, 0.15) is 41.5 Å². The van der Waals surface area contributed by atoms with Gasteiger partial charge >= 0.3 is 6.75 Å². The van der Waals surface area contributed by atoms with Gasteiger partial charge < -0.3 is 14.0 Å². The molecule has 0 saturated carbocycles. The number of rotatable bonds is 7. The van der Waals surface area contributed by atoms with Gasteiger partial charge in [-0.25, -0.2) is 4.39 Å². The molecule has 1 aromatic heterocycles. The molecular formula is C14H24BFNO3-. The molecule has 6 heteroatoms. The van der Waals surface area contributed by atoms with Crippen LogP contribution in [-0.2, 0) is 14.0 Å². The van der Waals surface area contributed by atoms with Crippen molar-refractivity contribution in [1.29, 1.82) is 0 Å². The van der Waals surface area contributed by atoms with Gasteiger partial charge in [0.2, 0.25) is 0 Å². The Bertz CT molecular complexity index is 400. The Morgan fingerprint density at radius 1 is 0.950 bits per heavy atom. The van der Waals surface area contributed by atoms with Crippen LogP contribution in [0.15, 0.2) is 18.3 Å². The summed E-state index contributed by atoms with van der Waals surface area (Å²) in [4.78, 5) is 4.18. The van der Waals surface area contributed by atoms with Gasteiger partial charge in [-0.1, -0.05) is 0 Å². The fourth-order valence-corrected chi connectivity index (χ4v) is 1.99.